The zero-order valence-electron chi connectivity index (χ0n) is 12.7. The number of terminal acetylenes is 1. The number of aromatic nitrogens is 1. The molecule has 2 unspecified atom stereocenters. The van der Waals surface area contributed by atoms with Gasteiger partial charge in [0.25, 0.3) is 0 Å². The Bertz CT molecular complexity index is 624. The van der Waals surface area contributed by atoms with Crippen LogP contribution in [0.2, 0.25) is 0 Å². The fourth-order valence-corrected chi connectivity index (χ4v) is 3.20. The van der Waals surface area contributed by atoms with Gasteiger partial charge in [0.2, 0.25) is 0 Å². The van der Waals surface area contributed by atoms with E-state index >= 15 is 0 Å². The van der Waals surface area contributed by atoms with Gasteiger partial charge >= 0.3 is 0 Å². The van der Waals surface area contributed by atoms with Crippen molar-refractivity contribution in [2.75, 3.05) is 0 Å². The van der Waals surface area contributed by atoms with E-state index in [0.29, 0.717) is 0 Å². The van der Waals surface area contributed by atoms with Crippen LogP contribution < -0.4 is 0 Å². The third-order valence-corrected chi connectivity index (χ3v) is 4.21. The number of pyridine rings is 1. The summed E-state index contributed by atoms with van der Waals surface area (Å²) in [7, 11) is 0. The van der Waals surface area contributed by atoms with Gasteiger partial charge in [0.15, 0.2) is 0 Å². The number of rotatable bonds is 4. The van der Waals surface area contributed by atoms with Gasteiger partial charge in [-0.05, 0) is 30.5 Å². The molecule has 0 fully saturated rings. The summed E-state index contributed by atoms with van der Waals surface area (Å²) >= 11 is 0. The lowest BCUT2D eigenvalue weighted by molar-refractivity contribution is 0.164. The zero-order valence-corrected chi connectivity index (χ0v) is 12.7. The highest BCUT2D eigenvalue weighted by Crippen LogP contribution is 2.40. The van der Waals surface area contributed by atoms with Crippen molar-refractivity contribution in [3.8, 4) is 12.3 Å². The third kappa shape index (κ3) is 2.21. The quantitative estimate of drug-likeness (QED) is 0.786. The summed E-state index contributed by atoms with van der Waals surface area (Å²) in [5, 5.41) is 0. The van der Waals surface area contributed by atoms with E-state index in [4.69, 9.17) is 6.42 Å². The first-order valence-corrected chi connectivity index (χ1v) is 7.65. The minimum Gasteiger partial charge on any atom is -0.338 e. The van der Waals surface area contributed by atoms with Crippen molar-refractivity contribution in [3.63, 3.8) is 0 Å². The topological polar surface area (TPSA) is 19.4 Å². The fourth-order valence-electron chi connectivity index (χ4n) is 3.20. The number of aryl methyl sites for hydroxylation is 1. The second kappa shape index (κ2) is 5.65. The van der Waals surface area contributed by atoms with Crippen LogP contribution in [0.3, 0.4) is 0 Å². The van der Waals surface area contributed by atoms with E-state index in [1.807, 2.05) is 6.20 Å². The molecule has 2 aliphatic rings. The molecule has 3 heteroatoms. The summed E-state index contributed by atoms with van der Waals surface area (Å²) < 4.78 is 0. The zero-order chi connectivity index (χ0) is 14.8. The van der Waals surface area contributed by atoms with E-state index in [-0.39, 0.29) is 12.2 Å². The molecule has 0 saturated carbocycles. The molecule has 0 saturated heterocycles. The highest BCUT2D eigenvalue weighted by molar-refractivity contribution is 5.56. The van der Waals surface area contributed by atoms with Gasteiger partial charge in [-0.1, -0.05) is 26.2 Å². The minimum absolute atomic E-state index is 0.116. The summed E-state index contributed by atoms with van der Waals surface area (Å²) in [4.78, 5) is 9.05. The average Bonchev–Trinajstić information content (AvgIpc) is 2.93. The van der Waals surface area contributed by atoms with Crippen molar-refractivity contribution in [2.24, 2.45) is 0 Å². The van der Waals surface area contributed by atoms with Gasteiger partial charge < -0.3 is 9.80 Å². The molecule has 0 bridgehead atoms. The van der Waals surface area contributed by atoms with Crippen LogP contribution in [-0.2, 0) is 6.42 Å². The number of fused-ring (bicyclic) bond motifs is 3. The highest BCUT2D eigenvalue weighted by Gasteiger charge is 2.35. The molecule has 0 amide bonds. The molecular weight excluding hydrogens is 258 g/mol. The standard InChI is InChI=1S/C18H21N3/c1-4-7-14-8-10-19-16-9-11-20-12-13-21(15(5-2)6-3)18(20)17(14)16/h2,8-13,15,18H,4,6-7H2,1,3H3. The number of nitrogens with zero attached hydrogens (tertiary/aromatic N) is 3. The van der Waals surface area contributed by atoms with Crippen LogP contribution >= 0.6 is 0 Å². The normalized spacial score (nSPS) is 20.1. The molecule has 1 aromatic rings. The monoisotopic (exact) mass is 279 g/mol. The Morgan fingerprint density at radius 3 is 2.90 bits per heavy atom. The Labute approximate surface area is 127 Å². The van der Waals surface area contributed by atoms with Gasteiger partial charge in [0.1, 0.15) is 6.17 Å². The largest absolute Gasteiger partial charge is 0.338 e. The van der Waals surface area contributed by atoms with Crippen molar-refractivity contribution < 1.29 is 0 Å². The van der Waals surface area contributed by atoms with E-state index in [2.05, 4.69) is 65.3 Å². The molecule has 1 aromatic heterocycles. The maximum atomic E-state index is 5.72. The van der Waals surface area contributed by atoms with Gasteiger partial charge in [0, 0.05) is 30.4 Å². The smallest absolute Gasteiger partial charge is 0.134 e. The van der Waals surface area contributed by atoms with Crippen molar-refractivity contribution >= 4 is 6.08 Å². The lowest BCUT2D eigenvalue weighted by Crippen LogP contribution is -2.37. The molecule has 0 spiro atoms. The van der Waals surface area contributed by atoms with E-state index < -0.39 is 0 Å². The van der Waals surface area contributed by atoms with Gasteiger partial charge in [-0.3, -0.25) is 4.98 Å². The molecule has 3 rings (SSSR count). The van der Waals surface area contributed by atoms with Crippen molar-refractivity contribution in [3.05, 3.63) is 47.7 Å². The molecule has 21 heavy (non-hydrogen) atoms. The lowest BCUT2D eigenvalue weighted by Gasteiger charge is -2.37. The third-order valence-electron chi connectivity index (χ3n) is 4.21. The minimum atomic E-state index is 0.116. The van der Waals surface area contributed by atoms with E-state index in [9.17, 15) is 0 Å². The summed E-state index contributed by atoms with van der Waals surface area (Å²) in [6.45, 7) is 4.35. The Kier molecular flexibility index (Phi) is 3.70. The molecule has 0 aromatic carbocycles. The Morgan fingerprint density at radius 2 is 2.19 bits per heavy atom. The van der Waals surface area contributed by atoms with Crippen LogP contribution in [0.5, 0.6) is 0 Å². The van der Waals surface area contributed by atoms with Gasteiger partial charge in [-0.2, -0.15) is 0 Å². The van der Waals surface area contributed by atoms with Crippen molar-refractivity contribution in [2.45, 2.75) is 45.3 Å². The number of hydrogen-bond donors (Lipinski definition) is 0. The summed E-state index contributed by atoms with van der Waals surface area (Å²) in [5.41, 5.74) is 3.76. The van der Waals surface area contributed by atoms with Gasteiger partial charge in [-0.25, -0.2) is 0 Å². The average molecular weight is 279 g/mol. The highest BCUT2D eigenvalue weighted by atomic mass is 15.4. The molecule has 108 valence electrons. The fraction of sp³-hybridized carbons (Fsp3) is 0.389. The maximum Gasteiger partial charge on any atom is 0.134 e. The van der Waals surface area contributed by atoms with Crippen LogP contribution in [-0.4, -0.2) is 20.8 Å². The first-order chi connectivity index (χ1) is 10.3. The predicted molar refractivity (Wildman–Crippen MR) is 85.7 cm³/mol. The van der Waals surface area contributed by atoms with Crippen LogP contribution in [0.15, 0.2) is 30.9 Å². The van der Waals surface area contributed by atoms with Crippen LogP contribution in [0.1, 0.15) is 49.7 Å². The number of hydrogen-bond acceptors (Lipinski definition) is 3. The van der Waals surface area contributed by atoms with E-state index in [0.717, 1.165) is 25.0 Å². The molecule has 0 aliphatic carbocycles. The Hall–Kier alpha value is -2.21. The SMILES string of the molecule is C#CC(CC)N1C=CN2C=Cc3nccc(CCC)c3C21. The molecule has 2 atom stereocenters. The van der Waals surface area contributed by atoms with E-state index in [1.165, 1.54) is 11.1 Å². The summed E-state index contributed by atoms with van der Waals surface area (Å²) in [6.07, 6.45) is 19.3. The Balaban J connectivity index is 2.07. The molecule has 0 N–H and O–H groups in total. The predicted octanol–water partition coefficient (Wildman–Crippen LogP) is 3.52. The molecule has 3 heterocycles. The summed E-state index contributed by atoms with van der Waals surface area (Å²) in [6, 6.07) is 2.26. The van der Waals surface area contributed by atoms with Crippen molar-refractivity contribution in [1.29, 1.82) is 0 Å². The molecular formula is C18H21N3. The van der Waals surface area contributed by atoms with Gasteiger partial charge in [0.05, 0.1) is 11.7 Å². The lowest BCUT2D eigenvalue weighted by atomic mass is 9.96. The second-order valence-electron chi connectivity index (χ2n) is 5.49. The summed E-state index contributed by atoms with van der Waals surface area (Å²) in [5.74, 6) is 2.91. The van der Waals surface area contributed by atoms with Crippen LogP contribution in [0, 0.1) is 12.3 Å². The second-order valence-corrected chi connectivity index (χ2v) is 5.49. The first kappa shape index (κ1) is 13.8. The van der Waals surface area contributed by atoms with Gasteiger partial charge in [-0.15, -0.1) is 6.42 Å². The molecule has 0 radical (unpaired) electrons. The van der Waals surface area contributed by atoms with Crippen LogP contribution in [0.25, 0.3) is 6.08 Å². The van der Waals surface area contributed by atoms with Crippen LogP contribution in [0.4, 0.5) is 0 Å². The first-order valence-electron chi connectivity index (χ1n) is 7.65. The van der Waals surface area contributed by atoms with E-state index in [1.54, 1.807) is 0 Å². The maximum absolute atomic E-state index is 5.72. The molecule has 3 nitrogen and oxygen atoms in total. The van der Waals surface area contributed by atoms with Crippen molar-refractivity contribution in [1.82, 2.24) is 14.8 Å². The molecule has 2 aliphatic heterocycles. The Morgan fingerprint density at radius 1 is 1.33 bits per heavy atom.